The predicted octanol–water partition coefficient (Wildman–Crippen LogP) is 6.78. The van der Waals surface area contributed by atoms with Crippen LogP contribution in [-0.2, 0) is 6.54 Å². The normalized spacial score (nSPS) is 10.5. The van der Waals surface area contributed by atoms with E-state index in [1.54, 1.807) is 31.0 Å². The number of carbonyl (C=O) groups excluding carboxylic acids is 2. The van der Waals surface area contributed by atoms with E-state index < -0.39 is 0 Å². The summed E-state index contributed by atoms with van der Waals surface area (Å²) in [5, 5.41) is 6.17. The molecule has 0 aliphatic heterocycles. The molecule has 0 atom stereocenters. The fraction of sp³-hybridized carbons (Fsp3) is 0.103. The highest BCUT2D eigenvalue weighted by Crippen LogP contribution is 2.35. The van der Waals surface area contributed by atoms with Gasteiger partial charge in [0.2, 0.25) is 0 Å². The lowest BCUT2D eigenvalue weighted by molar-refractivity contribution is 0.0950. The van der Waals surface area contributed by atoms with Gasteiger partial charge in [-0.05, 0) is 60.2 Å². The van der Waals surface area contributed by atoms with E-state index in [9.17, 15) is 9.59 Å². The number of ether oxygens (including phenoxy) is 1. The van der Waals surface area contributed by atoms with E-state index >= 15 is 0 Å². The summed E-state index contributed by atoms with van der Waals surface area (Å²) in [4.78, 5) is 28.2. The molecule has 5 nitrogen and oxygen atoms in total. The average Bonchev–Trinajstić information content (AvgIpc) is 2.92. The summed E-state index contributed by atoms with van der Waals surface area (Å²) in [7, 11) is 3.48. The average molecular weight is 515 g/mol. The molecule has 2 N–H and O–H groups in total. The number of nitrogens with one attached hydrogen (secondary N) is 2. The summed E-state index contributed by atoms with van der Waals surface area (Å²) in [6, 6.07) is 29.0. The maximum atomic E-state index is 12.9. The highest BCUT2D eigenvalue weighted by atomic mass is 32.2. The molecule has 0 aliphatic carbocycles. The van der Waals surface area contributed by atoms with Gasteiger partial charge in [-0.15, -0.1) is 0 Å². The maximum absolute atomic E-state index is 12.9. The smallest absolute Gasteiger partial charge is 0.251 e. The van der Waals surface area contributed by atoms with Crippen LogP contribution in [0, 0.1) is 0 Å². The fourth-order valence-corrected chi connectivity index (χ4v) is 5.52. The number of hydrogen-bond acceptors (Lipinski definition) is 6. The van der Waals surface area contributed by atoms with Gasteiger partial charge in [0, 0.05) is 50.0 Å². The summed E-state index contributed by atoms with van der Waals surface area (Å²) >= 11 is 3.14. The number of methoxy groups -OCH3 is 1. The molecule has 0 unspecified atom stereocenters. The molecule has 182 valence electrons. The van der Waals surface area contributed by atoms with Crippen LogP contribution in [0.25, 0.3) is 0 Å². The Hall–Kier alpha value is -3.68. The number of carbonyl (C=O) groups is 2. The lowest BCUT2D eigenvalue weighted by Gasteiger charge is -2.13. The van der Waals surface area contributed by atoms with E-state index in [1.807, 2.05) is 79.8 Å². The van der Waals surface area contributed by atoms with Crippen molar-refractivity contribution >= 4 is 41.4 Å². The number of benzene rings is 4. The van der Waals surface area contributed by atoms with Gasteiger partial charge in [-0.2, -0.15) is 0 Å². The molecule has 0 heterocycles. The second kappa shape index (κ2) is 12.3. The molecule has 0 aromatic heterocycles. The fourth-order valence-electron chi connectivity index (χ4n) is 3.55. The third kappa shape index (κ3) is 6.50. The molecule has 1 amide bonds. The maximum Gasteiger partial charge on any atom is 0.251 e. The molecule has 4 aromatic carbocycles. The molecular weight excluding hydrogens is 488 g/mol. The van der Waals surface area contributed by atoms with Crippen LogP contribution in [0.1, 0.15) is 26.3 Å². The van der Waals surface area contributed by atoms with Crippen LogP contribution in [0.4, 0.5) is 5.69 Å². The van der Waals surface area contributed by atoms with Gasteiger partial charge in [-0.25, -0.2) is 0 Å². The first-order valence-electron chi connectivity index (χ1n) is 11.3. The Morgan fingerprint density at radius 3 is 2.42 bits per heavy atom. The molecule has 4 rings (SSSR count). The van der Waals surface area contributed by atoms with Crippen LogP contribution in [0.5, 0.6) is 5.75 Å². The molecule has 4 aromatic rings. The Morgan fingerprint density at radius 2 is 1.64 bits per heavy atom. The second-order valence-corrected chi connectivity index (χ2v) is 10.1. The molecule has 0 spiro atoms. The van der Waals surface area contributed by atoms with Crippen molar-refractivity contribution in [3.8, 4) is 5.75 Å². The lowest BCUT2D eigenvalue weighted by atomic mass is 10.1. The van der Waals surface area contributed by atoms with Gasteiger partial charge < -0.3 is 15.4 Å². The predicted molar refractivity (Wildman–Crippen MR) is 147 cm³/mol. The van der Waals surface area contributed by atoms with E-state index in [-0.39, 0.29) is 5.91 Å². The highest BCUT2D eigenvalue weighted by molar-refractivity contribution is 7.99. The molecule has 0 bridgehead atoms. The van der Waals surface area contributed by atoms with Gasteiger partial charge in [0.25, 0.3) is 5.91 Å². The van der Waals surface area contributed by atoms with E-state index in [1.165, 1.54) is 11.8 Å². The molecule has 0 fully saturated rings. The van der Waals surface area contributed by atoms with E-state index in [4.69, 9.17) is 4.74 Å². The number of aldehydes is 1. The summed E-state index contributed by atoms with van der Waals surface area (Å²) in [5.74, 6) is 0.670. The first-order chi connectivity index (χ1) is 17.6. The quantitative estimate of drug-likeness (QED) is 0.227. The van der Waals surface area contributed by atoms with Crippen molar-refractivity contribution < 1.29 is 14.3 Å². The van der Waals surface area contributed by atoms with Crippen molar-refractivity contribution in [2.24, 2.45) is 0 Å². The lowest BCUT2D eigenvalue weighted by Crippen LogP contribution is -2.22. The van der Waals surface area contributed by atoms with Crippen LogP contribution in [-0.4, -0.2) is 26.4 Å². The van der Waals surface area contributed by atoms with Crippen LogP contribution < -0.4 is 15.4 Å². The van der Waals surface area contributed by atoms with Crippen molar-refractivity contribution in [1.82, 2.24) is 5.32 Å². The minimum absolute atomic E-state index is 0.151. The van der Waals surface area contributed by atoms with Crippen LogP contribution in [0.2, 0.25) is 0 Å². The molecule has 0 saturated heterocycles. The van der Waals surface area contributed by atoms with E-state index in [0.717, 1.165) is 42.9 Å². The molecule has 0 saturated carbocycles. The minimum Gasteiger partial charge on any atom is -0.497 e. The summed E-state index contributed by atoms with van der Waals surface area (Å²) < 4.78 is 5.31. The van der Waals surface area contributed by atoms with Gasteiger partial charge >= 0.3 is 0 Å². The van der Waals surface area contributed by atoms with Crippen molar-refractivity contribution in [3.05, 3.63) is 108 Å². The van der Waals surface area contributed by atoms with Crippen molar-refractivity contribution in [2.75, 3.05) is 19.5 Å². The van der Waals surface area contributed by atoms with Gasteiger partial charge in [0.1, 0.15) is 5.75 Å². The Bertz CT molecular complexity index is 1370. The van der Waals surface area contributed by atoms with E-state index in [2.05, 4.69) is 16.7 Å². The van der Waals surface area contributed by atoms with Crippen LogP contribution in [0.15, 0.2) is 111 Å². The zero-order chi connectivity index (χ0) is 25.3. The topological polar surface area (TPSA) is 67.4 Å². The standard InChI is InChI=1S/C29H26N2O3S2/c1-30-26-16-21(13-14-28(26)36-27-12-4-3-8-22(27)19-32)29(33)31-18-20-7-5-10-24(15-20)35-25-11-6-9-23(17-25)34-2/h3-17,19,30H,18H2,1-2H3,(H,31,33). The molecule has 7 heteroatoms. The van der Waals surface area contributed by atoms with Crippen LogP contribution in [0.3, 0.4) is 0 Å². The Kier molecular flexibility index (Phi) is 8.71. The molecular formula is C29H26N2O3S2. The van der Waals surface area contributed by atoms with Gasteiger partial charge in [-0.1, -0.05) is 59.9 Å². The molecule has 0 radical (unpaired) electrons. The SMILES string of the molecule is CNc1cc(C(=O)NCc2cccc(Sc3cccc(OC)c3)c2)ccc1Sc1ccccc1C=O. The summed E-state index contributed by atoms with van der Waals surface area (Å²) in [6.07, 6.45) is 0.855. The Morgan fingerprint density at radius 1 is 0.861 bits per heavy atom. The Balaban J connectivity index is 1.42. The monoisotopic (exact) mass is 514 g/mol. The van der Waals surface area contributed by atoms with Crippen molar-refractivity contribution in [1.29, 1.82) is 0 Å². The number of anilines is 1. The first kappa shape index (κ1) is 25.4. The number of amides is 1. The third-order valence-electron chi connectivity index (χ3n) is 5.41. The second-order valence-electron chi connectivity index (χ2n) is 7.83. The summed E-state index contributed by atoms with van der Waals surface area (Å²) in [5.41, 5.74) is 3.04. The van der Waals surface area contributed by atoms with E-state index in [0.29, 0.717) is 17.7 Å². The minimum atomic E-state index is -0.151. The zero-order valence-electron chi connectivity index (χ0n) is 20.0. The van der Waals surface area contributed by atoms with Crippen LogP contribution >= 0.6 is 23.5 Å². The number of rotatable bonds is 10. The Labute approximate surface area is 219 Å². The van der Waals surface area contributed by atoms with Gasteiger partial charge in [-0.3, -0.25) is 9.59 Å². The van der Waals surface area contributed by atoms with Crippen molar-refractivity contribution in [3.63, 3.8) is 0 Å². The summed E-state index contributed by atoms with van der Waals surface area (Å²) in [6.45, 7) is 0.420. The van der Waals surface area contributed by atoms with Crippen molar-refractivity contribution in [2.45, 2.75) is 26.1 Å². The number of hydrogen-bond donors (Lipinski definition) is 2. The van der Waals surface area contributed by atoms with Gasteiger partial charge in [0.15, 0.2) is 6.29 Å². The molecule has 0 aliphatic rings. The van der Waals surface area contributed by atoms with Gasteiger partial charge in [0.05, 0.1) is 7.11 Å². The molecule has 36 heavy (non-hydrogen) atoms. The zero-order valence-corrected chi connectivity index (χ0v) is 21.6. The third-order valence-corrected chi connectivity index (χ3v) is 7.55. The highest BCUT2D eigenvalue weighted by Gasteiger charge is 2.12. The first-order valence-corrected chi connectivity index (χ1v) is 13.0. The largest absolute Gasteiger partial charge is 0.497 e.